The molecule has 0 amide bonds. The van der Waals surface area contributed by atoms with E-state index in [1.807, 2.05) is 17.5 Å². The molecular weight excluding hydrogens is 230 g/mol. The zero-order chi connectivity index (χ0) is 12.1. The van der Waals surface area contributed by atoms with Gasteiger partial charge >= 0.3 is 0 Å². The smallest absolute Gasteiger partial charge is 0.101 e. The molecule has 0 bridgehead atoms. The van der Waals surface area contributed by atoms with E-state index in [2.05, 4.69) is 12.2 Å². The maximum Gasteiger partial charge on any atom is 0.101 e. The Morgan fingerprint density at radius 3 is 3.06 bits per heavy atom. The summed E-state index contributed by atoms with van der Waals surface area (Å²) in [5, 5.41) is 15.6. The second-order valence-corrected chi connectivity index (χ2v) is 6.23. The van der Waals surface area contributed by atoms with Gasteiger partial charge in [0.05, 0.1) is 0 Å². The molecule has 2 N–H and O–H groups in total. The molecule has 1 aliphatic rings. The van der Waals surface area contributed by atoms with Crippen LogP contribution in [0.3, 0.4) is 0 Å². The molecule has 2 rings (SSSR count). The summed E-state index contributed by atoms with van der Waals surface area (Å²) in [5.74, 6) is 0.879. The van der Waals surface area contributed by atoms with Crippen molar-refractivity contribution in [2.24, 2.45) is 5.92 Å². The molecule has 0 aliphatic heterocycles. The minimum absolute atomic E-state index is 0.337. The van der Waals surface area contributed by atoms with Gasteiger partial charge in [-0.2, -0.15) is 0 Å². The highest BCUT2D eigenvalue weighted by Gasteiger charge is 2.17. The van der Waals surface area contributed by atoms with Crippen molar-refractivity contribution in [3.63, 3.8) is 0 Å². The third-order valence-corrected chi connectivity index (χ3v) is 4.70. The Hall–Kier alpha value is -0.380. The molecule has 17 heavy (non-hydrogen) atoms. The van der Waals surface area contributed by atoms with Crippen LogP contribution < -0.4 is 5.32 Å². The highest BCUT2D eigenvalue weighted by molar-refractivity contribution is 7.10. The lowest BCUT2D eigenvalue weighted by molar-refractivity contribution is 0.171. The molecule has 0 radical (unpaired) electrons. The first-order valence-electron chi connectivity index (χ1n) is 6.70. The highest BCUT2D eigenvalue weighted by atomic mass is 32.1. The van der Waals surface area contributed by atoms with Crippen molar-refractivity contribution in [3.05, 3.63) is 22.4 Å². The number of hydrogen-bond donors (Lipinski definition) is 2. The summed E-state index contributed by atoms with van der Waals surface area (Å²) < 4.78 is 0. The average molecular weight is 253 g/mol. The van der Waals surface area contributed by atoms with E-state index in [9.17, 15) is 5.11 Å². The predicted octanol–water partition coefficient (Wildman–Crippen LogP) is 3.34. The topological polar surface area (TPSA) is 32.3 Å². The number of rotatable bonds is 4. The number of nitrogens with one attached hydrogen (secondary N) is 1. The molecule has 3 atom stereocenters. The molecule has 1 aromatic heterocycles. The normalized spacial score (nSPS) is 27.6. The molecular formula is C14H23NOS. The van der Waals surface area contributed by atoms with Gasteiger partial charge in [-0.25, -0.2) is 0 Å². The summed E-state index contributed by atoms with van der Waals surface area (Å²) in [6.45, 7) is 3.04. The van der Waals surface area contributed by atoms with Crippen molar-refractivity contribution in [2.45, 2.75) is 51.2 Å². The summed E-state index contributed by atoms with van der Waals surface area (Å²) in [6.07, 6.45) is 6.21. The van der Waals surface area contributed by atoms with Crippen LogP contribution >= 0.6 is 11.3 Å². The third-order valence-electron chi connectivity index (χ3n) is 3.73. The minimum atomic E-state index is -0.337. The largest absolute Gasteiger partial charge is 0.386 e. The van der Waals surface area contributed by atoms with Gasteiger partial charge in [-0.1, -0.05) is 25.8 Å². The van der Waals surface area contributed by atoms with Gasteiger partial charge in [0.1, 0.15) is 6.10 Å². The van der Waals surface area contributed by atoms with Crippen LogP contribution in [-0.2, 0) is 0 Å². The summed E-state index contributed by atoms with van der Waals surface area (Å²) in [5.41, 5.74) is 0. The lowest BCUT2D eigenvalue weighted by Crippen LogP contribution is -2.32. The molecule has 3 unspecified atom stereocenters. The van der Waals surface area contributed by atoms with Crippen LogP contribution in [0.4, 0.5) is 0 Å². The molecule has 1 aromatic rings. The quantitative estimate of drug-likeness (QED) is 0.807. The molecule has 1 saturated carbocycles. The zero-order valence-electron chi connectivity index (χ0n) is 10.6. The van der Waals surface area contributed by atoms with Crippen molar-refractivity contribution in [3.8, 4) is 0 Å². The van der Waals surface area contributed by atoms with Crippen LogP contribution in [0.2, 0.25) is 0 Å². The van der Waals surface area contributed by atoms with Gasteiger partial charge in [-0.15, -0.1) is 11.3 Å². The van der Waals surface area contributed by atoms with Crippen LogP contribution in [0.25, 0.3) is 0 Å². The second-order valence-electron chi connectivity index (χ2n) is 5.25. The average Bonchev–Trinajstić information content (AvgIpc) is 2.78. The predicted molar refractivity (Wildman–Crippen MR) is 73.3 cm³/mol. The van der Waals surface area contributed by atoms with Crippen molar-refractivity contribution in [2.75, 3.05) is 6.54 Å². The summed E-state index contributed by atoms with van der Waals surface area (Å²) in [7, 11) is 0. The van der Waals surface area contributed by atoms with E-state index in [0.29, 0.717) is 12.6 Å². The Morgan fingerprint density at radius 2 is 2.29 bits per heavy atom. The van der Waals surface area contributed by atoms with Crippen LogP contribution in [0.1, 0.15) is 50.0 Å². The van der Waals surface area contributed by atoms with Gasteiger partial charge < -0.3 is 10.4 Å². The Kier molecular flexibility index (Phi) is 5.01. The van der Waals surface area contributed by atoms with Crippen molar-refractivity contribution < 1.29 is 5.11 Å². The number of aliphatic hydroxyl groups is 1. The van der Waals surface area contributed by atoms with Gasteiger partial charge in [0.2, 0.25) is 0 Å². The van der Waals surface area contributed by atoms with Gasteiger partial charge in [0.25, 0.3) is 0 Å². The zero-order valence-corrected chi connectivity index (χ0v) is 11.4. The molecule has 0 saturated heterocycles. The Morgan fingerprint density at radius 1 is 1.41 bits per heavy atom. The third kappa shape index (κ3) is 4.09. The Bertz CT molecular complexity index is 312. The fraction of sp³-hybridized carbons (Fsp3) is 0.714. The van der Waals surface area contributed by atoms with Crippen LogP contribution in [-0.4, -0.2) is 17.7 Å². The van der Waals surface area contributed by atoms with Crippen LogP contribution in [0, 0.1) is 5.92 Å². The molecule has 1 fully saturated rings. The number of aliphatic hydroxyl groups excluding tert-OH is 1. The van der Waals surface area contributed by atoms with Crippen molar-refractivity contribution in [1.29, 1.82) is 0 Å². The van der Waals surface area contributed by atoms with Crippen LogP contribution in [0.15, 0.2) is 17.5 Å². The highest BCUT2D eigenvalue weighted by Crippen LogP contribution is 2.23. The number of thiophene rings is 1. The van der Waals surface area contributed by atoms with Crippen molar-refractivity contribution in [1.82, 2.24) is 5.32 Å². The van der Waals surface area contributed by atoms with E-state index < -0.39 is 0 Å². The molecule has 1 aliphatic carbocycles. The van der Waals surface area contributed by atoms with E-state index in [1.54, 1.807) is 11.3 Å². The SMILES string of the molecule is CC1CCCC(NCC(O)c2cccs2)CC1. The molecule has 96 valence electrons. The fourth-order valence-electron chi connectivity index (χ4n) is 2.55. The molecule has 1 heterocycles. The van der Waals surface area contributed by atoms with Gasteiger partial charge in [0.15, 0.2) is 0 Å². The summed E-state index contributed by atoms with van der Waals surface area (Å²) >= 11 is 1.63. The first-order valence-corrected chi connectivity index (χ1v) is 7.58. The maximum absolute atomic E-state index is 10.0. The van der Waals surface area contributed by atoms with E-state index in [-0.39, 0.29) is 6.10 Å². The van der Waals surface area contributed by atoms with Gasteiger partial charge in [0, 0.05) is 17.5 Å². The second kappa shape index (κ2) is 6.53. The monoisotopic (exact) mass is 253 g/mol. The molecule has 2 nitrogen and oxygen atoms in total. The van der Waals surface area contributed by atoms with E-state index in [1.165, 1.54) is 32.1 Å². The number of hydrogen-bond acceptors (Lipinski definition) is 3. The van der Waals surface area contributed by atoms with Gasteiger partial charge in [-0.05, 0) is 36.6 Å². The maximum atomic E-state index is 10.0. The molecule has 0 aromatic carbocycles. The first kappa shape index (κ1) is 13.1. The molecule has 3 heteroatoms. The van der Waals surface area contributed by atoms with E-state index in [4.69, 9.17) is 0 Å². The lowest BCUT2D eigenvalue weighted by atomic mass is 10.0. The lowest BCUT2D eigenvalue weighted by Gasteiger charge is -2.18. The first-order chi connectivity index (χ1) is 8.25. The fourth-order valence-corrected chi connectivity index (χ4v) is 3.26. The summed E-state index contributed by atoms with van der Waals surface area (Å²) in [4.78, 5) is 1.07. The van der Waals surface area contributed by atoms with Gasteiger partial charge in [-0.3, -0.25) is 0 Å². The minimum Gasteiger partial charge on any atom is -0.386 e. The Labute approximate surface area is 108 Å². The van der Waals surface area contributed by atoms with Crippen molar-refractivity contribution >= 4 is 11.3 Å². The Balaban J connectivity index is 1.74. The molecule has 0 spiro atoms. The van der Waals surface area contributed by atoms with E-state index in [0.717, 1.165) is 10.8 Å². The van der Waals surface area contributed by atoms with E-state index >= 15 is 0 Å². The van der Waals surface area contributed by atoms with Crippen LogP contribution in [0.5, 0.6) is 0 Å². The summed E-state index contributed by atoms with van der Waals surface area (Å²) in [6, 6.07) is 4.61. The standard InChI is InChI=1S/C14H23NOS/c1-11-4-2-5-12(8-7-11)15-10-13(16)14-6-3-9-17-14/h3,6,9,11-13,15-16H,2,4-5,7-8,10H2,1H3.